The standard InChI is InChI=1S/C10H8ClNOS/c1-5(13)9-4-6-8(12)3-2-7(11)10(6)14-9/h2-4H,12H2,1H3. The van der Waals surface area contributed by atoms with E-state index in [-0.39, 0.29) is 5.78 Å². The lowest BCUT2D eigenvalue weighted by atomic mass is 10.2. The molecule has 0 aliphatic heterocycles. The Labute approximate surface area is 90.3 Å². The van der Waals surface area contributed by atoms with Crippen LogP contribution in [0, 0.1) is 0 Å². The van der Waals surface area contributed by atoms with Gasteiger partial charge in [0.15, 0.2) is 5.78 Å². The minimum atomic E-state index is 0.0432. The highest BCUT2D eigenvalue weighted by Gasteiger charge is 2.10. The molecule has 0 fully saturated rings. The monoisotopic (exact) mass is 225 g/mol. The number of anilines is 1. The lowest BCUT2D eigenvalue weighted by molar-refractivity contribution is 0.102. The molecule has 2 rings (SSSR count). The summed E-state index contributed by atoms with van der Waals surface area (Å²) >= 11 is 7.38. The van der Waals surface area contributed by atoms with Crippen molar-refractivity contribution in [2.45, 2.75) is 6.92 Å². The number of nitrogen functional groups attached to an aromatic ring is 1. The number of carbonyl (C=O) groups excluding carboxylic acids is 1. The number of hydrogen-bond donors (Lipinski definition) is 1. The lowest BCUT2D eigenvalue weighted by Crippen LogP contribution is -1.85. The molecule has 0 spiro atoms. The third-order valence-electron chi connectivity index (χ3n) is 2.02. The molecule has 1 aromatic heterocycles. The molecule has 1 aromatic carbocycles. The average molecular weight is 226 g/mol. The van der Waals surface area contributed by atoms with E-state index in [2.05, 4.69) is 0 Å². The van der Waals surface area contributed by atoms with Gasteiger partial charge in [-0.25, -0.2) is 0 Å². The Morgan fingerprint density at radius 2 is 2.21 bits per heavy atom. The summed E-state index contributed by atoms with van der Waals surface area (Å²) in [6.45, 7) is 1.54. The van der Waals surface area contributed by atoms with Crippen LogP contribution in [0.2, 0.25) is 5.02 Å². The number of rotatable bonds is 1. The Kier molecular flexibility index (Phi) is 2.21. The third-order valence-corrected chi connectivity index (χ3v) is 3.71. The van der Waals surface area contributed by atoms with Crippen LogP contribution in [0.25, 0.3) is 10.1 Å². The zero-order valence-electron chi connectivity index (χ0n) is 7.50. The largest absolute Gasteiger partial charge is 0.398 e. The smallest absolute Gasteiger partial charge is 0.169 e. The van der Waals surface area contributed by atoms with Crippen LogP contribution in [0.4, 0.5) is 5.69 Å². The van der Waals surface area contributed by atoms with Gasteiger partial charge in [0.25, 0.3) is 0 Å². The van der Waals surface area contributed by atoms with E-state index in [0.717, 1.165) is 10.1 Å². The van der Waals surface area contributed by atoms with Gasteiger partial charge in [-0.3, -0.25) is 4.79 Å². The first-order valence-electron chi connectivity index (χ1n) is 4.08. The zero-order chi connectivity index (χ0) is 10.3. The summed E-state index contributed by atoms with van der Waals surface area (Å²) in [7, 11) is 0. The van der Waals surface area contributed by atoms with E-state index in [9.17, 15) is 4.79 Å². The maximum Gasteiger partial charge on any atom is 0.169 e. The van der Waals surface area contributed by atoms with E-state index < -0.39 is 0 Å². The van der Waals surface area contributed by atoms with E-state index in [1.165, 1.54) is 18.3 Å². The summed E-state index contributed by atoms with van der Waals surface area (Å²) in [6, 6.07) is 5.30. The molecular formula is C10H8ClNOS. The second-order valence-corrected chi connectivity index (χ2v) is 4.51. The maximum absolute atomic E-state index is 11.2. The molecule has 2 aromatic rings. The number of Topliss-reactive ketones (excluding diaryl/α,β-unsaturated/α-hetero) is 1. The molecule has 0 unspecified atom stereocenters. The molecule has 2 nitrogen and oxygen atoms in total. The Morgan fingerprint density at radius 1 is 1.50 bits per heavy atom. The van der Waals surface area contributed by atoms with Crippen molar-refractivity contribution in [1.82, 2.24) is 0 Å². The fraction of sp³-hybridized carbons (Fsp3) is 0.100. The van der Waals surface area contributed by atoms with Gasteiger partial charge in [0.1, 0.15) is 0 Å². The molecule has 0 aliphatic rings. The topological polar surface area (TPSA) is 43.1 Å². The van der Waals surface area contributed by atoms with E-state index in [1.807, 2.05) is 0 Å². The number of carbonyl (C=O) groups is 1. The predicted molar refractivity (Wildman–Crippen MR) is 61.3 cm³/mol. The number of nitrogens with two attached hydrogens (primary N) is 1. The molecular weight excluding hydrogens is 218 g/mol. The number of halogens is 1. The van der Waals surface area contributed by atoms with Gasteiger partial charge in [0, 0.05) is 11.1 Å². The van der Waals surface area contributed by atoms with Gasteiger partial charge in [-0.05, 0) is 25.1 Å². The molecule has 14 heavy (non-hydrogen) atoms. The number of hydrogen-bond acceptors (Lipinski definition) is 3. The fourth-order valence-electron chi connectivity index (χ4n) is 1.28. The quantitative estimate of drug-likeness (QED) is 0.598. The van der Waals surface area contributed by atoms with Crippen LogP contribution in [0.3, 0.4) is 0 Å². The third kappa shape index (κ3) is 1.38. The molecule has 0 saturated heterocycles. The van der Waals surface area contributed by atoms with Crippen LogP contribution < -0.4 is 5.73 Å². The number of thiophene rings is 1. The van der Waals surface area contributed by atoms with Gasteiger partial charge in [0.2, 0.25) is 0 Å². The lowest BCUT2D eigenvalue weighted by Gasteiger charge is -1.96. The first-order valence-corrected chi connectivity index (χ1v) is 5.27. The summed E-state index contributed by atoms with van der Waals surface area (Å²) < 4.78 is 0.886. The summed E-state index contributed by atoms with van der Waals surface area (Å²) in [5.74, 6) is 0.0432. The normalized spacial score (nSPS) is 10.7. The fourth-order valence-corrected chi connectivity index (χ4v) is 2.56. The van der Waals surface area contributed by atoms with Crippen molar-refractivity contribution in [2.24, 2.45) is 0 Å². The summed E-state index contributed by atoms with van der Waals surface area (Å²) in [4.78, 5) is 11.9. The van der Waals surface area contributed by atoms with Crippen LogP contribution in [0.1, 0.15) is 16.6 Å². The van der Waals surface area contributed by atoms with Crippen molar-refractivity contribution in [3.8, 4) is 0 Å². The highest BCUT2D eigenvalue weighted by atomic mass is 35.5. The molecule has 4 heteroatoms. The highest BCUT2D eigenvalue weighted by Crippen LogP contribution is 2.35. The second kappa shape index (κ2) is 3.26. The van der Waals surface area contributed by atoms with Crippen LogP contribution in [0.15, 0.2) is 18.2 Å². The molecule has 72 valence electrons. The molecule has 2 N–H and O–H groups in total. The van der Waals surface area contributed by atoms with Crippen molar-refractivity contribution in [1.29, 1.82) is 0 Å². The van der Waals surface area contributed by atoms with Gasteiger partial charge < -0.3 is 5.73 Å². The summed E-state index contributed by atoms with van der Waals surface area (Å²) in [5, 5.41) is 1.51. The van der Waals surface area contributed by atoms with Gasteiger partial charge in [-0.1, -0.05) is 11.6 Å². The molecule has 0 saturated carbocycles. The Hall–Kier alpha value is -1.06. The summed E-state index contributed by atoms with van der Waals surface area (Å²) in [5.41, 5.74) is 6.44. The van der Waals surface area contributed by atoms with Gasteiger partial charge in [0.05, 0.1) is 14.6 Å². The van der Waals surface area contributed by atoms with Crippen LogP contribution in [0.5, 0.6) is 0 Å². The maximum atomic E-state index is 11.2. The van der Waals surface area contributed by atoms with Gasteiger partial charge >= 0.3 is 0 Å². The number of ketones is 1. The summed E-state index contributed by atoms with van der Waals surface area (Å²) in [6.07, 6.45) is 0. The Morgan fingerprint density at radius 3 is 2.79 bits per heavy atom. The van der Waals surface area contributed by atoms with E-state index in [0.29, 0.717) is 15.6 Å². The van der Waals surface area contributed by atoms with Crippen molar-refractivity contribution < 1.29 is 4.79 Å². The minimum Gasteiger partial charge on any atom is -0.398 e. The molecule has 0 atom stereocenters. The van der Waals surface area contributed by atoms with E-state index in [1.54, 1.807) is 18.2 Å². The highest BCUT2D eigenvalue weighted by molar-refractivity contribution is 7.21. The molecule has 0 amide bonds. The van der Waals surface area contributed by atoms with Crippen LogP contribution in [-0.4, -0.2) is 5.78 Å². The second-order valence-electron chi connectivity index (χ2n) is 3.05. The molecule has 0 bridgehead atoms. The zero-order valence-corrected chi connectivity index (χ0v) is 9.08. The van der Waals surface area contributed by atoms with Crippen LogP contribution >= 0.6 is 22.9 Å². The Balaban J connectivity index is 2.82. The first-order chi connectivity index (χ1) is 6.59. The van der Waals surface area contributed by atoms with Crippen molar-refractivity contribution in [2.75, 3.05) is 5.73 Å². The molecule has 0 aliphatic carbocycles. The van der Waals surface area contributed by atoms with E-state index in [4.69, 9.17) is 17.3 Å². The van der Waals surface area contributed by atoms with E-state index >= 15 is 0 Å². The average Bonchev–Trinajstić information content (AvgIpc) is 2.57. The molecule has 0 radical (unpaired) electrons. The molecule has 1 heterocycles. The van der Waals surface area contributed by atoms with Crippen molar-refractivity contribution >= 4 is 44.5 Å². The Bertz CT molecular complexity index is 479. The number of fused-ring (bicyclic) bond motifs is 1. The van der Waals surface area contributed by atoms with Crippen molar-refractivity contribution in [3.63, 3.8) is 0 Å². The van der Waals surface area contributed by atoms with Crippen molar-refractivity contribution in [3.05, 3.63) is 28.1 Å². The van der Waals surface area contributed by atoms with Crippen LogP contribution in [-0.2, 0) is 0 Å². The van der Waals surface area contributed by atoms with Gasteiger partial charge in [-0.2, -0.15) is 0 Å². The SMILES string of the molecule is CC(=O)c1cc2c(N)ccc(Cl)c2s1. The van der Waals surface area contributed by atoms with Gasteiger partial charge in [-0.15, -0.1) is 11.3 Å². The number of benzene rings is 1. The first kappa shape index (κ1) is 9.49. The predicted octanol–water partition coefficient (Wildman–Crippen LogP) is 3.34. The minimum absolute atomic E-state index is 0.0432.